The van der Waals surface area contributed by atoms with E-state index in [1.807, 2.05) is 13.8 Å². The van der Waals surface area contributed by atoms with Crippen molar-refractivity contribution in [1.29, 1.82) is 0 Å². The molecule has 2 rings (SSSR count). The van der Waals surface area contributed by atoms with Gasteiger partial charge in [-0.2, -0.15) is 0 Å². The minimum Gasteiger partial charge on any atom is -0.507 e. The van der Waals surface area contributed by atoms with Gasteiger partial charge in [-0.15, -0.1) is 0 Å². The lowest BCUT2D eigenvalue weighted by atomic mass is 9.97. The Morgan fingerprint density at radius 1 is 1.43 bits per heavy atom. The summed E-state index contributed by atoms with van der Waals surface area (Å²) in [6.07, 6.45) is 1.91. The fraction of sp³-hybridized carbons (Fsp3) is 0.455. The number of benzene rings is 1. The van der Waals surface area contributed by atoms with Crippen molar-refractivity contribution in [3.63, 3.8) is 0 Å². The lowest BCUT2D eigenvalue weighted by Crippen LogP contribution is -2.20. The number of halogens is 1. The van der Waals surface area contributed by atoms with Gasteiger partial charge in [0.05, 0.1) is 0 Å². The van der Waals surface area contributed by atoms with Crippen LogP contribution in [0.3, 0.4) is 0 Å². The first-order valence-corrected chi connectivity index (χ1v) is 5.11. The molecule has 3 N–H and O–H groups in total. The third kappa shape index (κ3) is 1.30. The molecule has 2 nitrogen and oxygen atoms in total. The molecule has 0 saturated heterocycles. The van der Waals surface area contributed by atoms with E-state index in [1.165, 1.54) is 0 Å². The Morgan fingerprint density at radius 2 is 2.00 bits per heavy atom. The Balaban J connectivity index is 2.65. The fourth-order valence-electron chi connectivity index (χ4n) is 1.92. The maximum Gasteiger partial charge on any atom is 0.121 e. The van der Waals surface area contributed by atoms with Gasteiger partial charge in [0.2, 0.25) is 0 Å². The summed E-state index contributed by atoms with van der Waals surface area (Å²) in [5, 5.41) is 10.5. The van der Waals surface area contributed by atoms with Crippen molar-refractivity contribution in [2.45, 2.75) is 32.2 Å². The molecule has 1 aromatic rings. The van der Waals surface area contributed by atoms with E-state index in [0.29, 0.717) is 10.8 Å². The lowest BCUT2D eigenvalue weighted by Gasteiger charge is -2.17. The zero-order chi connectivity index (χ0) is 10.5. The number of phenolic OH excluding ortho intramolecular Hbond substituents is 1. The standard InChI is InChI=1S/C11H14ClNO/c1-6-5-8(12)9(7(2)10(6)14)11(13)3-4-11/h5,14H,3-4,13H2,1-2H3. The van der Waals surface area contributed by atoms with E-state index in [2.05, 4.69) is 0 Å². The van der Waals surface area contributed by atoms with Crippen LogP contribution < -0.4 is 5.73 Å². The number of aromatic hydroxyl groups is 1. The first kappa shape index (κ1) is 9.81. The highest BCUT2D eigenvalue weighted by Crippen LogP contribution is 2.49. The van der Waals surface area contributed by atoms with Crippen LogP contribution in [0.15, 0.2) is 6.07 Å². The molecular formula is C11H14ClNO. The second-order valence-corrected chi connectivity index (χ2v) is 4.59. The molecule has 0 unspecified atom stereocenters. The fourth-order valence-corrected chi connectivity index (χ4v) is 2.41. The van der Waals surface area contributed by atoms with E-state index in [1.54, 1.807) is 6.07 Å². The minimum atomic E-state index is -0.285. The van der Waals surface area contributed by atoms with Gasteiger partial charge in [-0.1, -0.05) is 11.6 Å². The Labute approximate surface area is 88.7 Å². The quantitative estimate of drug-likeness (QED) is 0.750. The molecule has 1 saturated carbocycles. The normalized spacial score (nSPS) is 18.3. The van der Waals surface area contributed by atoms with Gasteiger partial charge in [-0.3, -0.25) is 0 Å². The van der Waals surface area contributed by atoms with Crippen LogP contribution in [-0.4, -0.2) is 5.11 Å². The average molecular weight is 212 g/mol. The Hall–Kier alpha value is -0.730. The molecule has 0 radical (unpaired) electrons. The molecule has 0 aromatic heterocycles. The highest BCUT2D eigenvalue weighted by atomic mass is 35.5. The van der Waals surface area contributed by atoms with E-state index < -0.39 is 0 Å². The number of hydrogen-bond acceptors (Lipinski definition) is 2. The number of aryl methyl sites for hydroxylation is 1. The van der Waals surface area contributed by atoms with Gasteiger partial charge in [0.25, 0.3) is 0 Å². The molecule has 0 bridgehead atoms. The summed E-state index contributed by atoms with van der Waals surface area (Å²) < 4.78 is 0. The van der Waals surface area contributed by atoms with E-state index in [0.717, 1.165) is 29.5 Å². The summed E-state index contributed by atoms with van der Waals surface area (Å²) in [5.41, 5.74) is 8.36. The predicted octanol–water partition coefficient (Wildman–Crippen LogP) is 2.61. The van der Waals surface area contributed by atoms with Gasteiger partial charge in [-0.25, -0.2) is 0 Å². The molecule has 1 aliphatic carbocycles. The van der Waals surface area contributed by atoms with Crippen LogP contribution in [0.1, 0.15) is 29.5 Å². The van der Waals surface area contributed by atoms with Crippen LogP contribution >= 0.6 is 11.6 Å². The summed E-state index contributed by atoms with van der Waals surface area (Å²) in [5.74, 6) is 0.320. The van der Waals surface area contributed by atoms with Gasteiger partial charge >= 0.3 is 0 Å². The number of rotatable bonds is 1. The molecule has 0 aliphatic heterocycles. The molecule has 76 valence electrons. The maximum atomic E-state index is 9.79. The van der Waals surface area contributed by atoms with Crippen molar-refractivity contribution < 1.29 is 5.11 Å². The van der Waals surface area contributed by atoms with Crippen LogP contribution in [0.25, 0.3) is 0 Å². The summed E-state index contributed by atoms with van der Waals surface area (Å²) in [4.78, 5) is 0. The van der Waals surface area contributed by atoms with Gasteiger partial charge in [0.15, 0.2) is 0 Å². The molecule has 1 fully saturated rings. The van der Waals surface area contributed by atoms with E-state index in [9.17, 15) is 5.11 Å². The monoisotopic (exact) mass is 211 g/mol. The van der Waals surface area contributed by atoms with Gasteiger partial charge in [0.1, 0.15) is 5.75 Å². The van der Waals surface area contributed by atoms with Gasteiger partial charge < -0.3 is 10.8 Å². The summed E-state index contributed by atoms with van der Waals surface area (Å²) in [7, 11) is 0. The summed E-state index contributed by atoms with van der Waals surface area (Å²) >= 11 is 6.14. The predicted molar refractivity (Wildman–Crippen MR) is 57.7 cm³/mol. The summed E-state index contributed by atoms with van der Waals surface area (Å²) in [6, 6.07) is 1.78. The first-order valence-electron chi connectivity index (χ1n) is 4.74. The zero-order valence-electron chi connectivity index (χ0n) is 8.39. The molecule has 1 aromatic carbocycles. The summed E-state index contributed by atoms with van der Waals surface area (Å²) in [6.45, 7) is 3.71. The highest BCUT2D eigenvalue weighted by Gasteiger charge is 2.43. The topological polar surface area (TPSA) is 46.2 Å². The van der Waals surface area contributed by atoms with Gasteiger partial charge in [-0.05, 0) is 49.4 Å². The largest absolute Gasteiger partial charge is 0.507 e. The number of nitrogens with two attached hydrogens (primary N) is 1. The Kier molecular flexibility index (Phi) is 2.02. The van der Waals surface area contributed by atoms with Gasteiger partial charge in [0, 0.05) is 10.6 Å². The van der Waals surface area contributed by atoms with E-state index in [4.69, 9.17) is 17.3 Å². The molecule has 0 spiro atoms. The Bertz CT molecular complexity index is 397. The first-order chi connectivity index (χ1) is 6.46. The van der Waals surface area contributed by atoms with Crippen molar-refractivity contribution in [1.82, 2.24) is 0 Å². The zero-order valence-corrected chi connectivity index (χ0v) is 9.15. The molecule has 14 heavy (non-hydrogen) atoms. The lowest BCUT2D eigenvalue weighted by molar-refractivity contribution is 0.464. The molecular weight excluding hydrogens is 198 g/mol. The van der Waals surface area contributed by atoms with Crippen molar-refractivity contribution in [3.05, 3.63) is 27.8 Å². The molecule has 3 heteroatoms. The minimum absolute atomic E-state index is 0.285. The second-order valence-electron chi connectivity index (χ2n) is 4.18. The highest BCUT2D eigenvalue weighted by molar-refractivity contribution is 6.31. The van der Waals surface area contributed by atoms with Crippen LogP contribution in [-0.2, 0) is 5.54 Å². The molecule has 0 atom stereocenters. The van der Waals surface area contributed by atoms with Crippen LogP contribution in [0.2, 0.25) is 5.02 Å². The van der Waals surface area contributed by atoms with Crippen molar-refractivity contribution in [3.8, 4) is 5.75 Å². The van der Waals surface area contributed by atoms with Crippen LogP contribution in [0.4, 0.5) is 0 Å². The van der Waals surface area contributed by atoms with Crippen molar-refractivity contribution in [2.24, 2.45) is 5.73 Å². The SMILES string of the molecule is Cc1cc(Cl)c(C2(N)CC2)c(C)c1O. The molecule has 0 heterocycles. The van der Waals surface area contributed by atoms with Crippen molar-refractivity contribution in [2.75, 3.05) is 0 Å². The third-order valence-corrected chi connectivity index (χ3v) is 3.27. The maximum absolute atomic E-state index is 9.79. The second kappa shape index (κ2) is 2.88. The van der Waals surface area contributed by atoms with Crippen molar-refractivity contribution >= 4 is 11.6 Å². The third-order valence-electron chi connectivity index (χ3n) is 2.97. The van der Waals surface area contributed by atoms with Crippen LogP contribution in [0, 0.1) is 13.8 Å². The number of phenols is 1. The Morgan fingerprint density at radius 3 is 2.50 bits per heavy atom. The molecule has 1 aliphatic rings. The molecule has 0 amide bonds. The van der Waals surface area contributed by atoms with E-state index in [-0.39, 0.29) is 5.54 Å². The van der Waals surface area contributed by atoms with Crippen LogP contribution in [0.5, 0.6) is 5.75 Å². The smallest absolute Gasteiger partial charge is 0.121 e. The van der Waals surface area contributed by atoms with E-state index >= 15 is 0 Å². The average Bonchev–Trinajstić information content (AvgIpc) is 2.80. The number of hydrogen-bond donors (Lipinski definition) is 2.